The molecule has 4 rings (SSSR count). The van der Waals surface area contributed by atoms with Gasteiger partial charge < -0.3 is 19.3 Å². The lowest BCUT2D eigenvalue weighted by molar-refractivity contribution is -0.145. The van der Waals surface area contributed by atoms with E-state index in [9.17, 15) is 9.90 Å². The molecule has 8 heteroatoms. The van der Waals surface area contributed by atoms with Gasteiger partial charge in [-0.3, -0.25) is 9.69 Å². The summed E-state index contributed by atoms with van der Waals surface area (Å²) in [6.45, 7) is 0.662. The van der Waals surface area contributed by atoms with E-state index < -0.39 is 12.0 Å². The molecule has 2 heterocycles. The summed E-state index contributed by atoms with van der Waals surface area (Å²) in [5.74, 6) is 0.912. The van der Waals surface area contributed by atoms with Crippen LogP contribution in [0.1, 0.15) is 35.9 Å². The molecule has 2 unspecified atom stereocenters. The minimum absolute atomic E-state index is 0.381. The van der Waals surface area contributed by atoms with Crippen LogP contribution in [-0.4, -0.2) is 54.9 Å². The number of nitrogens with zero attached hydrogens (tertiary/aromatic N) is 2. The van der Waals surface area contributed by atoms with Gasteiger partial charge in [0.05, 0.1) is 37.6 Å². The average Bonchev–Trinajstić information content (AvgIpc) is 3.22. The highest BCUT2D eigenvalue weighted by Crippen LogP contribution is 2.45. The molecule has 164 valence electrons. The van der Waals surface area contributed by atoms with Crippen molar-refractivity contribution in [3.05, 3.63) is 47.0 Å². The van der Waals surface area contributed by atoms with Gasteiger partial charge in [-0.2, -0.15) is 0 Å². The maximum atomic E-state index is 12.1. The van der Waals surface area contributed by atoms with E-state index in [1.54, 1.807) is 38.7 Å². The molecule has 2 aromatic carbocycles. The Morgan fingerprint density at radius 2 is 1.81 bits per heavy atom. The lowest BCUT2D eigenvalue weighted by Crippen LogP contribution is -2.46. The zero-order valence-electron chi connectivity index (χ0n) is 17.8. The Morgan fingerprint density at radius 3 is 2.48 bits per heavy atom. The van der Waals surface area contributed by atoms with E-state index in [1.165, 1.54) is 0 Å². The second-order valence-electron chi connectivity index (χ2n) is 7.46. The fraction of sp³-hybridized carbons (Fsp3) is 0.391. The molecule has 1 aromatic heterocycles. The van der Waals surface area contributed by atoms with Crippen molar-refractivity contribution in [2.75, 3.05) is 27.9 Å². The van der Waals surface area contributed by atoms with Crippen LogP contribution in [0.25, 0.3) is 10.2 Å². The van der Waals surface area contributed by atoms with Gasteiger partial charge in [0.2, 0.25) is 0 Å². The fourth-order valence-electron chi connectivity index (χ4n) is 4.26. The van der Waals surface area contributed by atoms with Gasteiger partial charge in [0, 0.05) is 18.2 Å². The Morgan fingerprint density at radius 1 is 1.10 bits per heavy atom. The smallest absolute Gasteiger partial charge is 0.320 e. The Bertz CT molecular complexity index is 1050. The van der Waals surface area contributed by atoms with Crippen molar-refractivity contribution < 1.29 is 24.1 Å². The van der Waals surface area contributed by atoms with Gasteiger partial charge >= 0.3 is 5.97 Å². The largest absolute Gasteiger partial charge is 0.496 e. The number of fused-ring (bicyclic) bond motifs is 1. The number of carbonyl (C=O) groups is 1. The molecule has 1 fully saturated rings. The average molecular weight is 443 g/mol. The minimum Gasteiger partial charge on any atom is -0.496 e. The predicted octanol–water partition coefficient (Wildman–Crippen LogP) is 4.35. The predicted molar refractivity (Wildman–Crippen MR) is 120 cm³/mol. The summed E-state index contributed by atoms with van der Waals surface area (Å²) >= 11 is 1.58. The summed E-state index contributed by atoms with van der Waals surface area (Å²) in [5.41, 5.74) is 1.71. The molecule has 3 aromatic rings. The quantitative estimate of drug-likeness (QED) is 0.583. The van der Waals surface area contributed by atoms with Crippen molar-refractivity contribution in [3.63, 3.8) is 0 Å². The number of hydrogen-bond donors (Lipinski definition) is 1. The van der Waals surface area contributed by atoms with E-state index in [1.807, 2.05) is 35.2 Å². The van der Waals surface area contributed by atoms with Crippen LogP contribution < -0.4 is 14.2 Å². The van der Waals surface area contributed by atoms with Gasteiger partial charge in [0.25, 0.3) is 0 Å². The molecule has 0 saturated carbocycles. The summed E-state index contributed by atoms with van der Waals surface area (Å²) < 4.78 is 17.8. The number of piperidine rings is 1. The number of methoxy groups -OCH3 is 3. The van der Waals surface area contributed by atoms with Gasteiger partial charge in [0.1, 0.15) is 16.8 Å². The van der Waals surface area contributed by atoms with Crippen LogP contribution >= 0.6 is 11.3 Å². The standard InChI is InChI=1S/C23H26N2O5S/c1-28-17-13-19(30-3)18(29-2)12-14(17)21(25-11-7-6-9-16(25)23(26)27)22-24-15-8-4-5-10-20(15)31-22/h4-5,8,10,12-13,16,21H,6-7,9,11H2,1-3H3,(H,26,27). The first-order valence-electron chi connectivity index (χ1n) is 10.2. The molecular weight excluding hydrogens is 416 g/mol. The van der Waals surface area contributed by atoms with Crippen LogP contribution in [0.3, 0.4) is 0 Å². The number of aromatic nitrogens is 1. The van der Waals surface area contributed by atoms with E-state index in [0.717, 1.165) is 33.6 Å². The highest BCUT2D eigenvalue weighted by atomic mass is 32.1. The fourth-order valence-corrected chi connectivity index (χ4v) is 5.36. The summed E-state index contributed by atoms with van der Waals surface area (Å²) in [7, 11) is 4.76. The van der Waals surface area contributed by atoms with Crippen LogP contribution in [0, 0.1) is 0 Å². The molecule has 2 atom stereocenters. The van der Waals surface area contributed by atoms with Crippen molar-refractivity contribution in [2.24, 2.45) is 0 Å². The topological polar surface area (TPSA) is 81.1 Å². The first kappa shape index (κ1) is 21.4. The van der Waals surface area contributed by atoms with Gasteiger partial charge in [0.15, 0.2) is 11.5 Å². The van der Waals surface area contributed by atoms with E-state index in [-0.39, 0.29) is 6.04 Å². The molecule has 7 nitrogen and oxygen atoms in total. The van der Waals surface area contributed by atoms with Crippen molar-refractivity contribution >= 4 is 27.5 Å². The van der Waals surface area contributed by atoms with Crippen LogP contribution in [-0.2, 0) is 4.79 Å². The molecule has 0 aliphatic carbocycles. The molecule has 0 bridgehead atoms. The maximum absolute atomic E-state index is 12.1. The van der Waals surface area contributed by atoms with E-state index in [4.69, 9.17) is 19.2 Å². The number of aliphatic carboxylic acids is 1. The van der Waals surface area contributed by atoms with Gasteiger partial charge in [-0.25, -0.2) is 4.98 Å². The summed E-state index contributed by atoms with van der Waals surface area (Å²) in [6, 6.07) is 10.6. The second-order valence-corrected chi connectivity index (χ2v) is 8.52. The zero-order valence-corrected chi connectivity index (χ0v) is 18.6. The number of rotatable bonds is 7. The minimum atomic E-state index is -0.815. The van der Waals surface area contributed by atoms with Crippen LogP contribution in [0.15, 0.2) is 36.4 Å². The Balaban J connectivity index is 1.93. The van der Waals surface area contributed by atoms with Crippen molar-refractivity contribution in [2.45, 2.75) is 31.3 Å². The normalized spacial score (nSPS) is 18.0. The molecule has 1 saturated heterocycles. The third kappa shape index (κ3) is 4.05. The van der Waals surface area contributed by atoms with Crippen molar-refractivity contribution in [1.29, 1.82) is 0 Å². The number of thiazole rings is 1. The number of carboxylic acids is 1. The molecular formula is C23H26N2O5S. The lowest BCUT2D eigenvalue weighted by atomic mass is 9.95. The highest BCUT2D eigenvalue weighted by molar-refractivity contribution is 7.18. The van der Waals surface area contributed by atoms with Crippen LogP contribution in [0.2, 0.25) is 0 Å². The highest BCUT2D eigenvalue weighted by Gasteiger charge is 2.38. The molecule has 0 spiro atoms. The SMILES string of the molecule is COc1cc(OC)c(C(c2nc3ccccc3s2)N2CCCCC2C(=O)O)cc1OC. The number of ether oxygens (including phenoxy) is 3. The Labute approximate surface area is 185 Å². The molecule has 31 heavy (non-hydrogen) atoms. The molecule has 1 N–H and O–H groups in total. The van der Waals surface area contributed by atoms with Crippen molar-refractivity contribution in [3.8, 4) is 17.2 Å². The van der Waals surface area contributed by atoms with Gasteiger partial charge in [-0.05, 0) is 31.0 Å². The number of likely N-dealkylation sites (tertiary alicyclic amines) is 1. The third-order valence-corrected chi connectivity index (χ3v) is 6.82. The zero-order chi connectivity index (χ0) is 22.0. The summed E-state index contributed by atoms with van der Waals surface area (Å²) in [5, 5.41) is 10.8. The van der Waals surface area contributed by atoms with Crippen molar-refractivity contribution in [1.82, 2.24) is 9.88 Å². The first-order valence-corrected chi connectivity index (χ1v) is 11.0. The van der Waals surface area contributed by atoms with E-state index in [2.05, 4.69) is 0 Å². The molecule has 1 aliphatic heterocycles. The van der Waals surface area contributed by atoms with E-state index >= 15 is 0 Å². The number of benzene rings is 2. The number of carboxylic acid groups (broad SMARTS) is 1. The third-order valence-electron chi connectivity index (χ3n) is 5.74. The second kappa shape index (κ2) is 9.11. The number of hydrogen-bond acceptors (Lipinski definition) is 7. The maximum Gasteiger partial charge on any atom is 0.320 e. The summed E-state index contributed by atoms with van der Waals surface area (Å²) in [4.78, 5) is 19.1. The van der Waals surface area contributed by atoms with Crippen LogP contribution in [0.4, 0.5) is 0 Å². The molecule has 0 radical (unpaired) electrons. The number of para-hydroxylation sites is 1. The van der Waals surface area contributed by atoms with Crippen LogP contribution in [0.5, 0.6) is 17.2 Å². The monoisotopic (exact) mass is 442 g/mol. The first-order chi connectivity index (χ1) is 15.1. The Kier molecular flexibility index (Phi) is 6.29. The summed E-state index contributed by atoms with van der Waals surface area (Å²) in [6.07, 6.45) is 2.43. The lowest BCUT2D eigenvalue weighted by Gasteiger charge is -2.38. The Hall–Kier alpha value is -2.84. The van der Waals surface area contributed by atoms with E-state index in [0.29, 0.717) is 30.2 Å². The van der Waals surface area contributed by atoms with Gasteiger partial charge in [-0.15, -0.1) is 11.3 Å². The van der Waals surface area contributed by atoms with Gasteiger partial charge in [-0.1, -0.05) is 18.6 Å². The molecule has 0 amide bonds. The molecule has 1 aliphatic rings.